The standard InChI is InChI=1S/C18H25ClN2O6S/c1-3-13(4-2)18(23)27-12-17(22)20-14-5-6-15(19)16(11-14)28(24,25)21-7-9-26-10-8-21/h5-6,11,13H,3-4,7-10,12H2,1-2H3,(H,20,22). The Morgan fingerprint density at radius 1 is 1.25 bits per heavy atom. The first-order valence-electron chi connectivity index (χ1n) is 9.13. The van der Waals surface area contributed by atoms with Gasteiger partial charge in [-0.3, -0.25) is 9.59 Å². The number of ether oxygens (including phenoxy) is 2. The number of halogens is 1. The van der Waals surface area contributed by atoms with Gasteiger partial charge in [-0.1, -0.05) is 25.4 Å². The molecule has 0 aromatic heterocycles. The number of nitrogens with zero attached hydrogens (tertiary/aromatic N) is 1. The number of anilines is 1. The Bertz CT molecular complexity index is 804. The highest BCUT2D eigenvalue weighted by Crippen LogP contribution is 2.28. The second-order valence-electron chi connectivity index (χ2n) is 6.33. The SMILES string of the molecule is CCC(CC)C(=O)OCC(=O)Nc1ccc(Cl)c(S(=O)(=O)N2CCOCC2)c1. The fourth-order valence-electron chi connectivity index (χ4n) is 2.78. The van der Waals surface area contributed by atoms with E-state index in [1.165, 1.54) is 22.5 Å². The monoisotopic (exact) mass is 432 g/mol. The van der Waals surface area contributed by atoms with E-state index >= 15 is 0 Å². The van der Waals surface area contributed by atoms with E-state index < -0.39 is 28.5 Å². The number of hydrogen-bond donors (Lipinski definition) is 1. The predicted octanol–water partition coefficient (Wildman–Crippen LogP) is 2.28. The quantitative estimate of drug-likeness (QED) is 0.632. The minimum atomic E-state index is -3.81. The molecule has 10 heteroatoms. The van der Waals surface area contributed by atoms with Crippen LogP contribution in [0.4, 0.5) is 5.69 Å². The molecule has 1 aliphatic rings. The van der Waals surface area contributed by atoms with Gasteiger partial charge >= 0.3 is 5.97 Å². The third kappa shape index (κ3) is 5.66. The lowest BCUT2D eigenvalue weighted by Gasteiger charge is -2.26. The summed E-state index contributed by atoms with van der Waals surface area (Å²) in [5.74, 6) is -1.23. The summed E-state index contributed by atoms with van der Waals surface area (Å²) in [6, 6.07) is 4.19. The van der Waals surface area contributed by atoms with E-state index in [0.717, 1.165) is 0 Å². The molecule has 0 bridgehead atoms. The van der Waals surface area contributed by atoms with Crippen LogP contribution >= 0.6 is 11.6 Å². The number of nitrogens with one attached hydrogen (secondary N) is 1. The average Bonchev–Trinajstić information content (AvgIpc) is 2.69. The van der Waals surface area contributed by atoms with Crippen LogP contribution in [0.3, 0.4) is 0 Å². The predicted molar refractivity (Wildman–Crippen MR) is 105 cm³/mol. The number of amides is 1. The van der Waals surface area contributed by atoms with Crippen molar-refractivity contribution >= 4 is 39.2 Å². The smallest absolute Gasteiger partial charge is 0.309 e. The van der Waals surface area contributed by atoms with Gasteiger partial charge in [-0.15, -0.1) is 0 Å². The zero-order valence-corrected chi connectivity index (χ0v) is 17.5. The van der Waals surface area contributed by atoms with Crippen LogP contribution < -0.4 is 5.32 Å². The maximum Gasteiger partial charge on any atom is 0.309 e. The Morgan fingerprint density at radius 2 is 1.89 bits per heavy atom. The summed E-state index contributed by atoms with van der Waals surface area (Å²) in [4.78, 5) is 23.8. The van der Waals surface area contributed by atoms with Crippen LogP contribution in [-0.4, -0.2) is 57.5 Å². The second kappa shape index (κ2) is 10.2. The zero-order chi connectivity index (χ0) is 20.7. The van der Waals surface area contributed by atoms with Crippen molar-refractivity contribution < 1.29 is 27.5 Å². The molecule has 0 atom stereocenters. The molecule has 0 saturated carbocycles. The summed E-state index contributed by atoms with van der Waals surface area (Å²) in [6.07, 6.45) is 1.27. The number of rotatable bonds is 8. The molecule has 1 saturated heterocycles. The molecule has 2 rings (SSSR count). The highest BCUT2D eigenvalue weighted by Gasteiger charge is 2.28. The number of carbonyl (C=O) groups excluding carboxylic acids is 2. The van der Waals surface area contributed by atoms with E-state index in [9.17, 15) is 18.0 Å². The Morgan fingerprint density at radius 3 is 2.50 bits per heavy atom. The van der Waals surface area contributed by atoms with Crippen LogP contribution in [-0.2, 0) is 29.1 Å². The molecule has 0 aliphatic carbocycles. The van der Waals surface area contributed by atoms with Crippen molar-refractivity contribution in [3.05, 3.63) is 23.2 Å². The van der Waals surface area contributed by atoms with E-state index in [2.05, 4.69) is 5.32 Å². The largest absolute Gasteiger partial charge is 0.455 e. The van der Waals surface area contributed by atoms with Gasteiger partial charge in [0.2, 0.25) is 10.0 Å². The first-order valence-corrected chi connectivity index (χ1v) is 10.9. The lowest BCUT2D eigenvalue weighted by Crippen LogP contribution is -2.40. The van der Waals surface area contributed by atoms with Crippen LogP contribution in [0, 0.1) is 5.92 Å². The molecule has 1 aromatic carbocycles. The molecule has 8 nitrogen and oxygen atoms in total. The van der Waals surface area contributed by atoms with Gasteiger partial charge in [0, 0.05) is 18.8 Å². The Kier molecular flexibility index (Phi) is 8.23. The summed E-state index contributed by atoms with van der Waals surface area (Å²) < 4.78 is 37.1. The van der Waals surface area contributed by atoms with Crippen molar-refractivity contribution in [3.8, 4) is 0 Å². The number of hydrogen-bond acceptors (Lipinski definition) is 6. The van der Waals surface area contributed by atoms with Gasteiger partial charge in [0.05, 0.1) is 24.2 Å². The third-order valence-corrected chi connectivity index (χ3v) is 6.85. The van der Waals surface area contributed by atoms with Crippen molar-refractivity contribution in [2.24, 2.45) is 5.92 Å². The van der Waals surface area contributed by atoms with Crippen LogP contribution in [0.15, 0.2) is 23.1 Å². The Hall–Kier alpha value is -1.68. The summed E-state index contributed by atoms with van der Waals surface area (Å²) in [7, 11) is -3.81. The van der Waals surface area contributed by atoms with E-state index in [1.54, 1.807) is 0 Å². The van der Waals surface area contributed by atoms with E-state index in [1.807, 2.05) is 13.8 Å². The normalized spacial score (nSPS) is 15.4. The molecule has 0 radical (unpaired) electrons. The van der Waals surface area contributed by atoms with Gasteiger partial charge < -0.3 is 14.8 Å². The molecule has 1 aliphatic heterocycles. The second-order valence-corrected chi connectivity index (χ2v) is 8.64. The number of morpholine rings is 1. The molecule has 28 heavy (non-hydrogen) atoms. The minimum Gasteiger partial charge on any atom is -0.455 e. The molecule has 156 valence electrons. The average molecular weight is 433 g/mol. The summed E-state index contributed by atoms with van der Waals surface area (Å²) in [5.41, 5.74) is 0.250. The van der Waals surface area contributed by atoms with Crippen LogP contribution in [0.25, 0.3) is 0 Å². The summed E-state index contributed by atoms with van der Waals surface area (Å²) in [5, 5.41) is 2.59. The molecule has 0 unspecified atom stereocenters. The Labute approximate surface area is 170 Å². The molecule has 1 N–H and O–H groups in total. The van der Waals surface area contributed by atoms with Crippen LogP contribution in [0.1, 0.15) is 26.7 Å². The number of benzene rings is 1. The van der Waals surface area contributed by atoms with Crippen molar-refractivity contribution in [2.75, 3.05) is 38.2 Å². The van der Waals surface area contributed by atoms with Crippen molar-refractivity contribution in [1.29, 1.82) is 0 Å². The molecular weight excluding hydrogens is 408 g/mol. The van der Waals surface area contributed by atoms with Gasteiger partial charge in [0.15, 0.2) is 6.61 Å². The first kappa shape index (κ1) is 22.6. The summed E-state index contributed by atoms with van der Waals surface area (Å²) in [6.45, 7) is 4.41. The van der Waals surface area contributed by atoms with Crippen molar-refractivity contribution in [3.63, 3.8) is 0 Å². The van der Waals surface area contributed by atoms with Gasteiger partial charge in [0.1, 0.15) is 4.90 Å². The van der Waals surface area contributed by atoms with Gasteiger partial charge in [-0.25, -0.2) is 8.42 Å². The molecule has 1 fully saturated rings. The van der Waals surface area contributed by atoms with Crippen molar-refractivity contribution in [1.82, 2.24) is 4.31 Å². The van der Waals surface area contributed by atoms with E-state index in [4.69, 9.17) is 21.1 Å². The van der Waals surface area contributed by atoms with Crippen molar-refractivity contribution in [2.45, 2.75) is 31.6 Å². The van der Waals surface area contributed by atoms with Gasteiger partial charge in [0.25, 0.3) is 5.91 Å². The topological polar surface area (TPSA) is 102 Å². The fraction of sp³-hybridized carbons (Fsp3) is 0.556. The molecule has 1 aromatic rings. The van der Waals surface area contributed by atoms with Crippen LogP contribution in [0.2, 0.25) is 5.02 Å². The molecular formula is C18H25ClN2O6S. The zero-order valence-electron chi connectivity index (χ0n) is 15.9. The van der Waals surface area contributed by atoms with E-state index in [0.29, 0.717) is 26.1 Å². The molecule has 1 amide bonds. The molecule has 0 spiro atoms. The molecule has 1 heterocycles. The van der Waals surface area contributed by atoms with Gasteiger partial charge in [-0.2, -0.15) is 4.31 Å². The Balaban J connectivity index is 2.06. The number of carbonyl (C=O) groups is 2. The summed E-state index contributed by atoms with van der Waals surface area (Å²) >= 11 is 6.09. The maximum atomic E-state index is 12.8. The van der Waals surface area contributed by atoms with Gasteiger partial charge in [-0.05, 0) is 31.0 Å². The number of sulfonamides is 1. The highest BCUT2D eigenvalue weighted by atomic mass is 35.5. The highest BCUT2D eigenvalue weighted by molar-refractivity contribution is 7.89. The first-order chi connectivity index (χ1) is 13.3. The number of esters is 1. The van der Waals surface area contributed by atoms with Crippen LogP contribution in [0.5, 0.6) is 0 Å². The third-order valence-electron chi connectivity index (χ3n) is 4.47. The lowest BCUT2D eigenvalue weighted by atomic mass is 10.0. The lowest BCUT2D eigenvalue weighted by molar-refractivity contribution is -0.151. The van der Waals surface area contributed by atoms with E-state index in [-0.39, 0.29) is 34.6 Å². The fourth-order valence-corrected chi connectivity index (χ4v) is 4.69. The minimum absolute atomic E-state index is 0.0599. The maximum absolute atomic E-state index is 12.8.